The maximum atomic E-state index is 12.0. The number of rotatable bonds is 5. The highest BCUT2D eigenvalue weighted by Gasteiger charge is 2.16. The molecule has 28 heavy (non-hydrogen) atoms. The number of hydrogen-bond donors (Lipinski definition) is 2. The van der Waals surface area contributed by atoms with Crippen LogP contribution in [0.15, 0.2) is 71.8 Å². The summed E-state index contributed by atoms with van der Waals surface area (Å²) in [4.78, 5) is 23.9. The van der Waals surface area contributed by atoms with Gasteiger partial charge in [-0.05, 0) is 18.6 Å². The van der Waals surface area contributed by atoms with Crippen LogP contribution >= 0.6 is 11.3 Å². The maximum absolute atomic E-state index is 12.0. The molecule has 0 atom stereocenters. The largest absolute Gasteiger partial charge is 0.329 e. The molecule has 140 valence electrons. The number of hydrazone groups is 1. The van der Waals surface area contributed by atoms with Gasteiger partial charge in [-0.2, -0.15) is 5.10 Å². The summed E-state index contributed by atoms with van der Waals surface area (Å²) in [7, 11) is 0. The minimum absolute atomic E-state index is 0.240. The maximum Gasteiger partial charge on any atom is 0.329 e. The average molecular weight is 391 g/mol. The van der Waals surface area contributed by atoms with E-state index < -0.39 is 11.8 Å². The zero-order valence-corrected chi connectivity index (χ0v) is 15.8. The van der Waals surface area contributed by atoms with E-state index in [1.807, 2.05) is 66.7 Å². The molecule has 2 amide bonds. The predicted molar refractivity (Wildman–Crippen MR) is 111 cm³/mol. The second-order valence-electron chi connectivity index (χ2n) is 5.67. The lowest BCUT2D eigenvalue weighted by Gasteiger charge is -2.00. The van der Waals surface area contributed by atoms with Gasteiger partial charge in [-0.3, -0.25) is 14.9 Å². The summed E-state index contributed by atoms with van der Waals surface area (Å²) in [5, 5.41) is 15.1. The molecule has 2 aromatic carbocycles. The number of aromatic nitrogens is 2. The van der Waals surface area contributed by atoms with Crippen molar-refractivity contribution in [2.75, 3.05) is 5.32 Å². The van der Waals surface area contributed by atoms with E-state index in [4.69, 9.17) is 0 Å². The standard InChI is InChI=1S/C20H17N5O2S/c1-14(12-13-15-8-4-2-5-9-15)22-23-18(27)17(26)21-20-25-24-19(28-20)16-10-6-3-7-11-16/h2-13H,1H3,(H,23,27)(H,21,25,26)/b13-12+,22-14-. The molecular weight excluding hydrogens is 374 g/mol. The number of nitrogens with zero attached hydrogens (tertiary/aromatic N) is 3. The van der Waals surface area contributed by atoms with E-state index in [0.717, 1.165) is 11.1 Å². The predicted octanol–water partition coefficient (Wildman–Crippen LogP) is 3.35. The molecule has 0 fully saturated rings. The zero-order valence-electron chi connectivity index (χ0n) is 15.0. The van der Waals surface area contributed by atoms with Gasteiger partial charge in [-0.25, -0.2) is 5.43 Å². The fourth-order valence-corrected chi connectivity index (χ4v) is 2.88. The summed E-state index contributed by atoms with van der Waals surface area (Å²) in [5.74, 6) is -1.75. The van der Waals surface area contributed by atoms with E-state index in [0.29, 0.717) is 10.7 Å². The van der Waals surface area contributed by atoms with Gasteiger partial charge in [0.2, 0.25) is 5.13 Å². The summed E-state index contributed by atoms with van der Waals surface area (Å²) >= 11 is 1.18. The van der Waals surface area contributed by atoms with Crippen molar-refractivity contribution in [1.29, 1.82) is 0 Å². The molecular formula is C20H17N5O2S. The van der Waals surface area contributed by atoms with E-state index in [1.165, 1.54) is 11.3 Å². The Morgan fingerprint density at radius 3 is 2.36 bits per heavy atom. The molecule has 3 rings (SSSR count). The van der Waals surface area contributed by atoms with Gasteiger partial charge in [0.25, 0.3) is 0 Å². The molecule has 1 aromatic heterocycles. The Morgan fingerprint density at radius 1 is 0.964 bits per heavy atom. The summed E-state index contributed by atoms with van der Waals surface area (Å²) in [5.41, 5.74) is 4.66. The van der Waals surface area contributed by atoms with Gasteiger partial charge in [-0.1, -0.05) is 78.1 Å². The quantitative estimate of drug-likeness (QED) is 0.396. The van der Waals surface area contributed by atoms with E-state index >= 15 is 0 Å². The Bertz CT molecular complexity index is 1010. The molecule has 0 spiro atoms. The van der Waals surface area contributed by atoms with Crippen LogP contribution < -0.4 is 10.7 Å². The molecule has 0 aliphatic carbocycles. The minimum Gasteiger partial charge on any atom is -0.292 e. The molecule has 2 N–H and O–H groups in total. The van der Waals surface area contributed by atoms with Gasteiger partial charge in [0, 0.05) is 5.56 Å². The van der Waals surface area contributed by atoms with Crippen molar-refractivity contribution in [3.05, 3.63) is 72.3 Å². The summed E-state index contributed by atoms with van der Waals surface area (Å²) in [6, 6.07) is 19.1. The Hall–Kier alpha value is -3.65. The van der Waals surface area contributed by atoms with Crippen LogP contribution in [-0.2, 0) is 9.59 Å². The summed E-state index contributed by atoms with van der Waals surface area (Å²) < 4.78 is 0. The van der Waals surface area contributed by atoms with Crippen molar-refractivity contribution in [2.45, 2.75) is 6.92 Å². The van der Waals surface area contributed by atoms with Crippen molar-refractivity contribution in [3.63, 3.8) is 0 Å². The first-order valence-corrected chi connectivity index (χ1v) is 9.21. The second-order valence-corrected chi connectivity index (χ2v) is 6.65. The molecule has 3 aromatic rings. The normalized spacial score (nSPS) is 11.4. The molecule has 1 heterocycles. The molecule has 0 radical (unpaired) electrons. The summed E-state index contributed by atoms with van der Waals surface area (Å²) in [6.45, 7) is 1.72. The lowest BCUT2D eigenvalue weighted by atomic mass is 10.2. The number of benzene rings is 2. The Kier molecular flexibility index (Phi) is 6.37. The Morgan fingerprint density at radius 2 is 1.64 bits per heavy atom. The fraction of sp³-hybridized carbons (Fsp3) is 0.0500. The third-order valence-electron chi connectivity index (χ3n) is 3.52. The number of allylic oxidation sites excluding steroid dienone is 1. The van der Waals surface area contributed by atoms with Crippen LogP contribution in [0.4, 0.5) is 5.13 Å². The molecule has 8 heteroatoms. The molecule has 0 saturated carbocycles. The smallest absolute Gasteiger partial charge is 0.292 e. The van der Waals surface area contributed by atoms with E-state index in [2.05, 4.69) is 26.0 Å². The highest BCUT2D eigenvalue weighted by atomic mass is 32.1. The van der Waals surface area contributed by atoms with Gasteiger partial charge in [0.1, 0.15) is 5.01 Å². The number of carbonyl (C=O) groups excluding carboxylic acids is 2. The van der Waals surface area contributed by atoms with Crippen molar-refractivity contribution in [2.24, 2.45) is 5.10 Å². The first kappa shape index (κ1) is 19.1. The number of hydrogen-bond acceptors (Lipinski definition) is 6. The van der Waals surface area contributed by atoms with Crippen molar-refractivity contribution in [1.82, 2.24) is 15.6 Å². The second kappa shape index (κ2) is 9.33. The molecule has 0 aliphatic rings. The molecule has 0 unspecified atom stereocenters. The fourth-order valence-electron chi connectivity index (χ4n) is 2.13. The van der Waals surface area contributed by atoms with Crippen molar-refractivity contribution >= 4 is 40.1 Å². The topological polar surface area (TPSA) is 96.3 Å². The van der Waals surface area contributed by atoms with Crippen LogP contribution in [0.2, 0.25) is 0 Å². The van der Waals surface area contributed by atoms with Crippen LogP contribution in [-0.4, -0.2) is 27.7 Å². The average Bonchev–Trinajstić information content (AvgIpc) is 3.20. The van der Waals surface area contributed by atoms with E-state index in [1.54, 1.807) is 13.0 Å². The van der Waals surface area contributed by atoms with Gasteiger partial charge in [0.05, 0.1) is 5.71 Å². The van der Waals surface area contributed by atoms with Crippen LogP contribution in [0.25, 0.3) is 16.6 Å². The van der Waals surface area contributed by atoms with E-state index in [9.17, 15) is 9.59 Å². The lowest BCUT2D eigenvalue weighted by Crippen LogP contribution is -2.32. The highest BCUT2D eigenvalue weighted by molar-refractivity contribution is 7.18. The minimum atomic E-state index is -0.885. The van der Waals surface area contributed by atoms with Gasteiger partial charge in [-0.15, -0.1) is 10.2 Å². The zero-order chi connectivity index (χ0) is 19.8. The summed E-state index contributed by atoms with van der Waals surface area (Å²) in [6.07, 6.45) is 3.60. The van der Waals surface area contributed by atoms with Gasteiger partial charge >= 0.3 is 11.8 Å². The van der Waals surface area contributed by atoms with Crippen molar-refractivity contribution in [3.8, 4) is 10.6 Å². The molecule has 0 aliphatic heterocycles. The number of amides is 2. The Balaban J connectivity index is 1.54. The Labute approximate surface area is 165 Å². The third kappa shape index (κ3) is 5.42. The highest BCUT2D eigenvalue weighted by Crippen LogP contribution is 2.25. The first-order chi connectivity index (χ1) is 13.6. The lowest BCUT2D eigenvalue weighted by molar-refractivity contribution is -0.136. The van der Waals surface area contributed by atoms with Gasteiger partial charge < -0.3 is 0 Å². The van der Waals surface area contributed by atoms with Crippen LogP contribution in [0.5, 0.6) is 0 Å². The molecule has 0 saturated heterocycles. The first-order valence-electron chi connectivity index (χ1n) is 8.39. The van der Waals surface area contributed by atoms with Crippen LogP contribution in [0.1, 0.15) is 12.5 Å². The van der Waals surface area contributed by atoms with E-state index in [-0.39, 0.29) is 5.13 Å². The van der Waals surface area contributed by atoms with Crippen molar-refractivity contribution < 1.29 is 9.59 Å². The third-order valence-corrected chi connectivity index (χ3v) is 4.41. The SMILES string of the molecule is CC(/C=C/c1ccccc1)=N/NC(=O)C(=O)Nc1nnc(-c2ccccc2)s1. The monoisotopic (exact) mass is 391 g/mol. The molecule has 0 bridgehead atoms. The number of carbonyl (C=O) groups is 2. The van der Waals surface area contributed by atoms with Crippen LogP contribution in [0, 0.1) is 0 Å². The van der Waals surface area contributed by atoms with Crippen LogP contribution in [0.3, 0.4) is 0 Å². The van der Waals surface area contributed by atoms with Gasteiger partial charge in [0.15, 0.2) is 0 Å². The molecule has 7 nitrogen and oxygen atoms in total. The number of nitrogens with one attached hydrogen (secondary N) is 2. The number of anilines is 1.